The van der Waals surface area contributed by atoms with E-state index in [9.17, 15) is 14.4 Å². The van der Waals surface area contributed by atoms with Gasteiger partial charge in [-0.25, -0.2) is 9.89 Å². The van der Waals surface area contributed by atoms with Crippen LogP contribution in [0.3, 0.4) is 0 Å². The van der Waals surface area contributed by atoms with Gasteiger partial charge in [-0.05, 0) is 0 Å². The van der Waals surface area contributed by atoms with E-state index < -0.39 is 23.9 Å². The molecule has 0 atom stereocenters. The molecule has 8 nitrogen and oxygen atoms in total. The van der Waals surface area contributed by atoms with Crippen molar-refractivity contribution in [2.45, 2.75) is 6.42 Å². The highest BCUT2D eigenvalue weighted by atomic mass is 16.2. The number of hydrogen-bond donors (Lipinski definition) is 3. The monoisotopic (exact) mass is 185 g/mol. The maximum Gasteiger partial charge on any atom is 0.362 e. The lowest BCUT2D eigenvalue weighted by Crippen LogP contribution is -2.33. The second-order valence-electron chi connectivity index (χ2n) is 2.21. The first-order valence-corrected chi connectivity index (χ1v) is 3.30. The summed E-state index contributed by atoms with van der Waals surface area (Å²) < 4.78 is 0.811. The van der Waals surface area contributed by atoms with Gasteiger partial charge in [0, 0.05) is 0 Å². The Balaban J connectivity index is 2.60. The Morgan fingerprint density at radius 2 is 2.38 bits per heavy atom. The summed E-state index contributed by atoms with van der Waals surface area (Å²) in [5, 5.41) is 5.40. The van der Waals surface area contributed by atoms with Crippen molar-refractivity contribution in [3.63, 3.8) is 0 Å². The van der Waals surface area contributed by atoms with Crippen LogP contribution in [0.5, 0.6) is 0 Å². The third kappa shape index (κ3) is 2.43. The standard InChI is InChI=1S/C5H7N5O3/c6-3(11)1-4(12)9-10-2-7-8-5(10)13/h2H,1H2,(H2,6,11)(H,8,13)(H,9,12). The van der Waals surface area contributed by atoms with Crippen LogP contribution < -0.4 is 16.8 Å². The van der Waals surface area contributed by atoms with Gasteiger partial charge < -0.3 is 5.73 Å². The van der Waals surface area contributed by atoms with Crippen LogP contribution in [0.2, 0.25) is 0 Å². The Hall–Kier alpha value is -2.12. The number of H-pyrrole nitrogens is 1. The van der Waals surface area contributed by atoms with Gasteiger partial charge in [-0.15, -0.1) is 0 Å². The fraction of sp³-hybridized carbons (Fsp3) is 0.200. The molecule has 0 aliphatic carbocycles. The van der Waals surface area contributed by atoms with Crippen molar-refractivity contribution >= 4 is 11.8 Å². The Kier molecular flexibility index (Phi) is 2.43. The largest absolute Gasteiger partial charge is 0.369 e. The van der Waals surface area contributed by atoms with E-state index in [1.54, 1.807) is 0 Å². The number of aromatic amines is 1. The molecule has 13 heavy (non-hydrogen) atoms. The van der Waals surface area contributed by atoms with E-state index in [0.29, 0.717) is 0 Å². The summed E-state index contributed by atoms with van der Waals surface area (Å²) in [5.74, 6) is -1.44. The van der Waals surface area contributed by atoms with E-state index in [0.717, 1.165) is 11.0 Å². The Morgan fingerprint density at radius 3 is 2.85 bits per heavy atom. The van der Waals surface area contributed by atoms with Crippen LogP contribution >= 0.6 is 0 Å². The minimum absolute atomic E-state index is 0.475. The van der Waals surface area contributed by atoms with Gasteiger partial charge in [0.05, 0.1) is 0 Å². The molecule has 0 aromatic carbocycles. The highest BCUT2D eigenvalue weighted by Crippen LogP contribution is 1.78. The van der Waals surface area contributed by atoms with Crippen molar-refractivity contribution in [2.24, 2.45) is 5.73 Å². The molecule has 2 amide bonds. The first-order valence-electron chi connectivity index (χ1n) is 3.30. The Morgan fingerprint density at radius 1 is 1.69 bits per heavy atom. The average molecular weight is 185 g/mol. The molecule has 0 spiro atoms. The Bertz CT molecular complexity index is 378. The van der Waals surface area contributed by atoms with Crippen molar-refractivity contribution in [2.75, 3.05) is 5.43 Å². The van der Waals surface area contributed by atoms with E-state index in [1.807, 2.05) is 0 Å². The van der Waals surface area contributed by atoms with Crippen LogP contribution in [0.1, 0.15) is 6.42 Å². The number of carbonyl (C=O) groups excluding carboxylic acids is 2. The molecule has 1 rings (SSSR count). The third-order valence-corrected chi connectivity index (χ3v) is 1.13. The second kappa shape index (κ2) is 3.52. The zero-order valence-corrected chi connectivity index (χ0v) is 6.48. The molecule has 8 heteroatoms. The van der Waals surface area contributed by atoms with E-state index in [4.69, 9.17) is 5.73 Å². The predicted molar refractivity (Wildman–Crippen MR) is 41.0 cm³/mol. The molecule has 0 fully saturated rings. The molecule has 0 bridgehead atoms. The van der Waals surface area contributed by atoms with Crippen molar-refractivity contribution in [1.82, 2.24) is 14.9 Å². The minimum atomic E-state index is -0.769. The average Bonchev–Trinajstić information content (AvgIpc) is 2.34. The van der Waals surface area contributed by atoms with E-state index in [-0.39, 0.29) is 0 Å². The molecular formula is C5H7N5O3. The van der Waals surface area contributed by atoms with Crippen molar-refractivity contribution < 1.29 is 9.59 Å². The lowest BCUT2D eigenvalue weighted by atomic mass is 10.4. The number of nitrogens with one attached hydrogen (secondary N) is 2. The number of rotatable bonds is 3. The van der Waals surface area contributed by atoms with E-state index in [2.05, 4.69) is 15.6 Å². The fourth-order valence-electron chi connectivity index (χ4n) is 0.660. The summed E-state index contributed by atoms with van der Waals surface area (Å²) in [6.07, 6.45) is 0.596. The predicted octanol–water partition coefficient (Wildman–Crippen LogP) is -2.48. The van der Waals surface area contributed by atoms with Gasteiger partial charge >= 0.3 is 5.69 Å². The lowest BCUT2D eigenvalue weighted by molar-refractivity contribution is -0.125. The van der Waals surface area contributed by atoms with Gasteiger partial charge in [-0.3, -0.25) is 15.0 Å². The normalized spacial score (nSPS) is 9.54. The minimum Gasteiger partial charge on any atom is -0.369 e. The first-order chi connectivity index (χ1) is 6.09. The number of carbonyl (C=O) groups is 2. The van der Waals surface area contributed by atoms with Gasteiger partial charge in [-0.2, -0.15) is 9.77 Å². The van der Waals surface area contributed by atoms with E-state index in [1.165, 1.54) is 0 Å². The number of aromatic nitrogens is 3. The highest BCUT2D eigenvalue weighted by Gasteiger charge is 2.06. The number of primary amides is 1. The molecule has 0 radical (unpaired) electrons. The van der Waals surface area contributed by atoms with Crippen LogP contribution in [0.25, 0.3) is 0 Å². The quantitative estimate of drug-likeness (QED) is 0.451. The molecule has 0 saturated heterocycles. The molecular weight excluding hydrogens is 178 g/mol. The molecule has 1 aromatic heterocycles. The molecule has 0 saturated carbocycles. The summed E-state index contributed by atoms with van der Waals surface area (Å²) >= 11 is 0. The summed E-state index contributed by atoms with van der Waals surface area (Å²) in [7, 11) is 0. The van der Waals surface area contributed by atoms with Crippen molar-refractivity contribution in [1.29, 1.82) is 0 Å². The SMILES string of the molecule is NC(=O)CC(=O)Nn1cn[nH]c1=O. The van der Waals surface area contributed by atoms with Crippen LogP contribution in [-0.4, -0.2) is 26.7 Å². The Labute approximate surface area is 71.7 Å². The highest BCUT2D eigenvalue weighted by molar-refractivity contribution is 5.99. The molecule has 70 valence electrons. The van der Waals surface area contributed by atoms with Crippen molar-refractivity contribution in [3.05, 3.63) is 16.8 Å². The van der Waals surface area contributed by atoms with Crippen LogP contribution in [-0.2, 0) is 9.59 Å². The zero-order valence-electron chi connectivity index (χ0n) is 6.48. The molecule has 4 N–H and O–H groups in total. The topological polar surface area (TPSA) is 123 Å². The third-order valence-electron chi connectivity index (χ3n) is 1.13. The number of nitrogens with two attached hydrogens (primary N) is 1. The van der Waals surface area contributed by atoms with Crippen LogP contribution in [0.15, 0.2) is 11.1 Å². The second-order valence-corrected chi connectivity index (χ2v) is 2.21. The maximum atomic E-state index is 10.9. The van der Waals surface area contributed by atoms with Crippen LogP contribution in [0, 0.1) is 0 Å². The maximum absolute atomic E-state index is 10.9. The number of nitrogens with zero attached hydrogens (tertiary/aromatic N) is 2. The molecule has 1 heterocycles. The van der Waals surface area contributed by atoms with Gasteiger partial charge in [0.15, 0.2) is 0 Å². The van der Waals surface area contributed by atoms with Crippen LogP contribution in [0.4, 0.5) is 0 Å². The molecule has 0 aliphatic rings. The number of amides is 2. The zero-order chi connectivity index (χ0) is 9.84. The summed E-state index contributed by atoms with van der Waals surface area (Å²) in [4.78, 5) is 31.9. The molecule has 1 aromatic rings. The summed E-state index contributed by atoms with van der Waals surface area (Å²) in [6, 6.07) is 0. The van der Waals surface area contributed by atoms with Gasteiger partial charge in [0.25, 0.3) is 0 Å². The van der Waals surface area contributed by atoms with Gasteiger partial charge in [0.2, 0.25) is 11.8 Å². The first kappa shape index (κ1) is 8.97. The van der Waals surface area contributed by atoms with E-state index >= 15 is 0 Å². The number of hydrogen-bond acceptors (Lipinski definition) is 4. The smallest absolute Gasteiger partial charge is 0.362 e. The molecule has 0 unspecified atom stereocenters. The fourth-order valence-corrected chi connectivity index (χ4v) is 0.660. The summed E-state index contributed by atoms with van der Waals surface area (Å²) in [5.41, 5.74) is 6.24. The summed E-state index contributed by atoms with van der Waals surface area (Å²) in [6.45, 7) is 0. The molecule has 0 aliphatic heterocycles. The van der Waals surface area contributed by atoms with Gasteiger partial charge in [0.1, 0.15) is 12.7 Å². The van der Waals surface area contributed by atoms with Gasteiger partial charge in [-0.1, -0.05) is 0 Å². The lowest BCUT2D eigenvalue weighted by Gasteiger charge is -2.00. The van der Waals surface area contributed by atoms with Crippen molar-refractivity contribution in [3.8, 4) is 0 Å².